The Bertz CT molecular complexity index is 701. The number of Topliss-reactive ketones (excluding diaryl/α,β-unsaturated/α-hetero) is 1. The van der Waals surface area contributed by atoms with Crippen LogP contribution in [-0.2, 0) is 0 Å². The highest BCUT2D eigenvalue weighted by atomic mass is 32.1. The van der Waals surface area contributed by atoms with Crippen molar-refractivity contribution in [3.05, 3.63) is 30.0 Å². The summed E-state index contributed by atoms with van der Waals surface area (Å²) in [6.07, 6.45) is 2.22. The number of thiol groups is 1. The largest absolute Gasteiger partial charge is 0.490 e. The molecule has 1 saturated carbocycles. The zero-order valence-corrected chi connectivity index (χ0v) is 14.6. The molecule has 1 aromatic carbocycles. The summed E-state index contributed by atoms with van der Waals surface area (Å²) in [4.78, 5) is 12.0. The van der Waals surface area contributed by atoms with Gasteiger partial charge in [0.25, 0.3) is 0 Å². The van der Waals surface area contributed by atoms with Gasteiger partial charge in [-0.25, -0.2) is 0 Å². The predicted molar refractivity (Wildman–Crippen MR) is 94.4 cm³/mol. The number of fused-ring (bicyclic) bond motifs is 1. The fourth-order valence-electron chi connectivity index (χ4n) is 2.83. The molecule has 0 radical (unpaired) electrons. The van der Waals surface area contributed by atoms with Gasteiger partial charge < -0.3 is 14.5 Å². The molecule has 5 heteroatoms. The Morgan fingerprint density at radius 1 is 1.30 bits per heavy atom. The number of ketones is 1. The summed E-state index contributed by atoms with van der Waals surface area (Å²) in [5.74, 6) is 1.20. The van der Waals surface area contributed by atoms with E-state index >= 15 is 0 Å². The molecule has 0 saturated heterocycles. The van der Waals surface area contributed by atoms with Gasteiger partial charge >= 0.3 is 0 Å². The smallest absolute Gasteiger partial charge is 0.200 e. The number of furan rings is 1. The zero-order chi connectivity index (χ0) is 16.6. The molecule has 1 aliphatic rings. The highest BCUT2D eigenvalue weighted by Crippen LogP contribution is 2.30. The molecule has 1 heterocycles. The molecule has 0 amide bonds. The summed E-state index contributed by atoms with van der Waals surface area (Å²) in [6, 6.07) is 8.00. The Morgan fingerprint density at radius 2 is 2.04 bits per heavy atom. The standard InChI is InChI=1S/C18H23NO3S/c1-10(2)18(20)17-7-12-6-14(4-5-16(12)22-17)21-15-8-13(9-15)19-11(3)23/h4-7,10-11,13,15,19,23H,8-9H2,1-3H3. The van der Waals surface area contributed by atoms with E-state index in [1.165, 1.54) is 0 Å². The first-order valence-electron chi connectivity index (χ1n) is 8.11. The van der Waals surface area contributed by atoms with Crippen molar-refractivity contribution < 1.29 is 13.9 Å². The molecule has 1 aliphatic carbocycles. The number of rotatable bonds is 6. The van der Waals surface area contributed by atoms with Gasteiger partial charge in [-0.2, -0.15) is 12.6 Å². The van der Waals surface area contributed by atoms with Crippen LogP contribution in [0, 0.1) is 5.92 Å². The van der Waals surface area contributed by atoms with Crippen molar-refractivity contribution in [3.8, 4) is 5.75 Å². The normalized spacial score (nSPS) is 22.1. The van der Waals surface area contributed by atoms with Crippen LogP contribution in [-0.4, -0.2) is 23.3 Å². The molecule has 1 fully saturated rings. The summed E-state index contributed by atoms with van der Waals surface area (Å²) in [7, 11) is 0. The van der Waals surface area contributed by atoms with Gasteiger partial charge in [0.05, 0.1) is 0 Å². The van der Waals surface area contributed by atoms with Crippen LogP contribution in [0.5, 0.6) is 5.75 Å². The summed E-state index contributed by atoms with van der Waals surface area (Å²) in [5.41, 5.74) is 0.721. The van der Waals surface area contributed by atoms with Crippen LogP contribution < -0.4 is 10.1 Å². The van der Waals surface area contributed by atoms with Crippen molar-refractivity contribution in [1.82, 2.24) is 5.32 Å². The SMILES string of the molecule is CC(S)NC1CC(Oc2ccc3oc(C(=O)C(C)C)cc3c2)C1. The second-order valence-electron chi connectivity index (χ2n) is 6.58. The molecule has 1 unspecified atom stereocenters. The first-order chi connectivity index (χ1) is 10.9. The van der Waals surface area contributed by atoms with E-state index in [0.29, 0.717) is 11.8 Å². The molecule has 4 nitrogen and oxygen atoms in total. The van der Waals surface area contributed by atoms with Gasteiger partial charge in [0.2, 0.25) is 5.78 Å². The number of carbonyl (C=O) groups excluding carboxylic acids is 1. The third-order valence-corrected chi connectivity index (χ3v) is 4.28. The minimum atomic E-state index is -0.0695. The number of benzene rings is 1. The predicted octanol–water partition coefficient (Wildman–Crippen LogP) is 4.05. The lowest BCUT2D eigenvalue weighted by molar-refractivity contribution is 0.0848. The van der Waals surface area contributed by atoms with Crippen molar-refractivity contribution in [1.29, 1.82) is 0 Å². The molecule has 2 aromatic rings. The third kappa shape index (κ3) is 3.72. The minimum absolute atomic E-state index is 0.0254. The van der Waals surface area contributed by atoms with Crippen molar-refractivity contribution in [3.63, 3.8) is 0 Å². The number of nitrogens with one attached hydrogen (secondary N) is 1. The maximum atomic E-state index is 12.0. The van der Waals surface area contributed by atoms with Crippen LogP contribution in [0.1, 0.15) is 44.2 Å². The maximum Gasteiger partial charge on any atom is 0.200 e. The van der Waals surface area contributed by atoms with E-state index in [0.717, 1.165) is 29.6 Å². The Kier molecular flexibility index (Phi) is 4.69. The van der Waals surface area contributed by atoms with Crippen LogP contribution in [0.4, 0.5) is 0 Å². The minimum Gasteiger partial charge on any atom is -0.490 e. The Labute approximate surface area is 142 Å². The number of carbonyl (C=O) groups is 1. The average Bonchev–Trinajstić information content (AvgIpc) is 2.86. The molecule has 124 valence electrons. The molecule has 1 N–H and O–H groups in total. The number of ether oxygens (including phenoxy) is 1. The van der Waals surface area contributed by atoms with Gasteiger partial charge in [-0.1, -0.05) is 13.8 Å². The first-order valence-corrected chi connectivity index (χ1v) is 8.62. The molecule has 1 aromatic heterocycles. The number of hydrogen-bond acceptors (Lipinski definition) is 5. The van der Waals surface area contributed by atoms with Gasteiger partial charge in [0, 0.05) is 22.7 Å². The van der Waals surface area contributed by atoms with E-state index in [9.17, 15) is 4.79 Å². The Hall–Kier alpha value is -1.46. The van der Waals surface area contributed by atoms with E-state index in [-0.39, 0.29) is 23.2 Å². The van der Waals surface area contributed by atoms with E-state index < -0.39 is 0 Å². The van der Waals surface area contributed by atoms with E-state index in [1.54, 1.807) is 6.07 Å². The molecule has 1 atom stereocenters. The van der Waals surface area contributed by atoms with Crippen molar-refractivity contribution in [2.75, 3.05) is 0 Å². The molecule has 23 heavy (non-hydrogen) atoms. The summed E-state index contributed by atoms with van der Waals surface area (Å²) in [5, 5.41) is 4.50. The first kappa shape index (κ1) is 16.4. The van der Waals surface area contributed by atoms with Gasteiger partial charge in [0.15, 0.2) is 5.76 Å². The Morgan fingerprint density at radius 3 is 2.70 bits per heavy atom. The quantitative estimate of drug-likeness (QED) is 0.476. The second kappa shape index (κ2) is 6.57. The van der Waals surface area contributed by atoms with Crippen LogP contribution in [0.25, 0.3) is 11.0 Å². The van der Waals surface area contributed by atoms with Crippen LogP contribution >= 0.6 is 12.6 Å². The van der Waals surface area contributed by atoms with E-state index in [4.69, 9.17) is 9.15 Å². The van der Waals surface area contributed by atoms with Crippen LogP contribution in [0.3, 0.4) is 0 Å². The Balaban J connectivity index is 1.66. The molecule has 0 spiro atoms. The van der Waals surface area contributed by atoms with Crippen molar-refractivity contribution in [2.24, 2.45) is 5.92 Å². The fraction of sp³-hybridized carbons (Fsp3) is 0.500. The van der Waals surface area contributed by atoms with E-state index in [1.807, 2.05) is 39.0 Å². The molecular formula is C18H23NO3S. The zero-order valence-electron chi connectivity index (χ0n) is 13.7. The van der Waals surface area contributed by atoms with Crippen LogP contribution in [0.2, 0.25) is 0 Å². The lowest BCUT2D eigenvalue weighted by atomic mass is 9.89. The van der Waals surface area contributed by atoms with Gasteiger partial charge in [0.1, 0.15) is 17.4 Å². The van der Waals surface area contributed by atoms with Crippen molar-refractivity contribution >= 4 is 29.4 Å². The monoisotopic (exact) mass is 333 g/mol. The van der Waals surface area contributed by atoms with Gasteiger partial charge in [-0.3, -0.25) is 4.79 Å². The number of hydrogen-bond donors (Lipinski definition) is 2. The lowest BCUT2D eigenvalue weighted by Crippen LogP contribution is -2.48. The molecule has 3 rings (SSSR count). The van der Waals surface area contributed by atoms with E-state index in [2.05, 4.69) is 17.9 Å². The highest BCUT2D eigenvalue weighted by molar-refractivity contribution is 7.80. The van der Waals surface area contributed by atoms with Crippen molar-refractivity contribution in [2.45, 2.75) is 51.1 Å². The van der Waals surface area contributed by atoms with Gasteiger partial charge in [-0.15, -0.1) is 0 Å². The highest BCUT2D eigenvalue weighted by Gasteiger charge is 2.31. The molecule has 0 bridgehead atoms. The van der Waals surface area contributed by atoms with Crippen LogP contribution in [0.15, 0.2) is 28.7 Å². The molecular weight excluding hydrogens is 310 g/mol. The summed E-state index contributed by atoms with van der Waals surface area (Å²) >= 11 is 4.34. The molecule has 0 aliphatic heterocycles. The fourth-order valence-corrected chi connectivity index (χ4v) is 3.04. The average molecular weight is 333 g/mol. The summed E-state index contributed by atoms with van der Waals surface area (Å²) in [6.45, 7) is 5.77. The van der Waals surface area contributed by atoms with Gasteiger partial charge in [-0.05, 0) is 44.0 Å². The second-order valence-corrected chi connectivity index (χ2v) is 7.35. The lowest BCUT2D eigenvalue weighted by Gasteiger charge is -2.36. The third-order valence-electron chi connectivity index (χ3n) is 4.13. The summed E-state index contributed by atoms with van der Waals surface area (Å²) < 4.78 is 11.6. The maximum absolute atomic E-state index is 12.0. The topological polar surface area (TPSA) is 51.5 Å².